The Balaban J connectivity index is 1.66. The Morgan fingerprint density at radius 1 is 0.706 bits per heavy atom. The number of esters is 2. The van der Waals surface area contributed by atoms with Crippen LogP contribution < -0.4 is 0 Å². The van der Waals surface area contributed by atoms with Crippen molar-refractivity contribution < 1.29 is 28.9 Å². The fourth-order valence-corrected chi connectivity index (χ4v) is 3.53. The zero-order valence-corrected chi connectivity index (χ0v) is 19.2. The van der Waals surface area contributed by atoms with Crippen LogP contribution in [0.2, 0.25) is 0 Å². The maximum Gasteiger partial charge on any atom is 0.306 e. The molecule has 2 atom stereocenters. The molecule has 0 heterocycles. The quantitative estimate of drug-likeness (QED) is 0.155. The summed E-state index contributed by atoms with van der Waals surface area (Å²) in [5.74, 6) is -0.883. The van der Waals surface area contributed by atoms with Gasteiger partial charge < -0.3 is 9.47 Å². The molecule has 10 heteroatoms. The van der Waals surface area contributed by atoms with E-state index in [2.05, 4.69) is 0 Å². The predicted molar refractivity (Wildman–Crippen MR) is 123 cm³/mol. The molecular weight excluding hydrogens is 444 g/mol. The molecule has 0 aromatic heterocycles. The summed E-state index contributed by atoms with van der Waals surface area (Å²) in [6.07, 6.45) is 1.39. The fourth-order valence-electron chi connectivity index (χ4n) is 3.53. The van der Waals surface area contributed by atoms with E-state index < -0.39 is 34.0 Å². The lowest BCUT2D eigenvalue weighted by Gasteiger charge is -2.14. The predicted octanol–water partition coefficient (Wildman–Crippen LogP) is 5.75. The molecule has 0 radical (unpaired) electrons. The Labute approximate surface area is 197 Å². The van der Waals surface area contributed by atoms with E-state index in [9.17, 15) is 29.8 Å². The molecule has 0 N–H and O–H groups in total. The smallest absolute Gasteiger partial charge is 0.306 e. The van der Waals surface area contributed by atoms with Gasteiger partial charge in [0, 0.05) is 25.0 Å². The molecule has 2 aromatic rings. The third-order valence-electron chi connectivity index (χ3n) is 5.27. The first-order chi connectivity index (χ1) is 16.2. The molecule has 0 aliphatic carbocycles. The highest BCUT2D eigenvalue weighted by Gasteiger charge is 2.22. The summed E-state index contributed by atoms with van der Waals surface area (Å²) in [7, 11) is 0. The lowest BCUT2D eigenvalue weighted by atomic mass is 10.1. The summed E-state index contributed by atoms with van der Waals surface area (Å²) in [5, 5.41) is 22.2. The van der Waals surface area contributed by atoms with Gasteiger partial charge in [0.15, 0.2) is 0 Å². The van der Waals surface area contributed by atoms with Crippen molar-refractivity contribution in [2.45, 2.75) is 64.6 Å². The second-order valence-electron chi connectivity index (χ2n) is 7.81. The highest BCUT2D eigenvalue weighted by atomic mass is 16.6. The van der Waals surface area contributed by atoms with Crippen LogP contribution in [0.4, 0.5) is 11.4 Å². The van der Waals surface area contributed by atoms with Gasteiger partial charge in [-0.05, 0) is 38.8 Å². The Morgan fingerprint density at radius 3 is 1.41 bits per heavy atom. The molecule has 2 unspecified atom stereocenters. The van der Waals surface area contributed by atoms with Gasteiger partial charge in [0.05, 0.1) is 21.0 Å². The van der Waals surface area contributed by atoms with Crippen LogP contribution in [0.25, 0.3) is 0 Å². The third kappa shape index (κ3) is 7.95. The second-order valence-corrected chi connectivity index (χ2v) is 7.81. The van der Waals surface area contributed by atoms with E-state index >= 15 is 0 Å². The van der Waals surface area contributed by atoms with Crippen LogP contribution in [0, 0.1) is 20.2 Å². The number of nitro groups is 2. The van der Waals surface area contributed by atoms with E-state index in [0.717, 1.165) is 0 Å². The SMILES string of the molecule is CC(OC(=O)CCCCCCC(=O)OC(C)c1ccccc1[N+](=O)[O-])c1ccccc1[N+](=O)[O-]. The monoisotopic (exact) mass is 472 g/mol. The van der Waals surface area contributed by atoms with Crippen LogP contribution in [0.1, 0.15) is 75.7 Å². The number of hydrogen-bond acceptors (Lipinski definition) is 8. The molecule has 2 aromatic carbocycles. The number of carbonyl (C=O) groups excluding carboxylic acids is 2. The Morgan fingerprint density at radius 2 is 1.06 bits per heavy atom. The summed E-state index contributed by atoms with van der Waals surface area (Å²) in [6.45, 7) is 3.19. The number of rotatable bonds is 13. The number of carbonyl (C=O) groups is 2. The number of nitrogens with zero attached hydrogens (tertiary/aromatic N) is 2. The summed E-state index contributed by atoms with van der Waals surface area (Å²) in [5.41, 5.74) is 0.501. The van der Waals surface area contributed by atoms with Gasteiger partial charge in [-0.15, -0.1) is 0 Å². The molecule has 0 spiro atoms. The van der Waals surface area contributed by atoms with Gasteiger partial charge in [-0.3, -0.25) is 29.8 Å². The zero-order valence-electron chi connectivity index (χ0n) is 19.2. The molecule has 0 aliphatic heterocycles. The molecule has 182 valence electrons. The molecule has 0 amide bonds. The van der Waals surface area contributed by atoms with Gasteiger partial charge in [0.2, 0.25) is 0 Å². The van der Waals surface area contributed by atoms with Crippen LogP contribution in [0.5, 0.6) is 0 Å². The summed E-state index contributed by atoms with van der Waals surface area (Å²) < 4.78 is 10.6. The molecule has 0 aliphatic rings. The minimum atomic E-state index is -0.730. The maximum absolute atomic E-state index is 12.1. The van der Waals surface area contributed by atoms with Gasteiger partial charge in [0.25, 0.3) is 11.4 Å². The van der Waals surface area contributed by atoms with Crippen molar-refractivity contribution >= 4 is 23.3 Å². The first-order valence-corrected chi connectivity index (χ1v) is 11.1. The van der Waals surface area contributed by atoms with Gasteiger partial charge in [-0.2, -0.15) is 0 Å². The highest BCUT2D eigenvalue weighted by Crippen LogP contribution is 2.28. The van der Waals surface area contributed by atoms with Gasteiger partial charge in [-0.25, -0.2) is 0 Å². The number of benzene rings is 2. The van der Waals surface area contributed by atoms with Crippen LogP contribution in [0.15, 0.2) is 48.5 Å². The van der Waals surface area contributed by atoms with E-state index in [1.807, 2.05) is 0 Å². The van der Waals surface area contributed by atoms with E-state index in [1.165, 1.54) is 12.1 Å². The molecule has 0 fully saturated rings. The zero-order chi connectivity index (χ0) is 25.1. The molecule has 2 rings (SSSR count). The molecular formula is C24H28N2O8. The van der Waals surface area contributed by atoms with Crippen LogP contribution in [0.3, 0.4) is 0 Å². The topological polar surface area (TPSA) is 139 Å². The van der Waals surface area contributed by atoms with Crippen molar-refractivity contribution in [3.8, 4) is 0 Å². The molecule has 0 bridgehead atoms. The van der Waals surface area contributed by atoms with Crippen molar-refractivity contribution in [3.05, 3.63) is 79.9 Å². The first-order valence-electron chi connectivity index (χ1n) is 11.1. The van der Waals surface area contributed by atoms with Crippen LogP contribution in [-0.2, 0) is 19.1 Å². The standard InChI is InChI=1S/C24H28N2O8/c1-17(19-11-7-9-13-21(19)25(29)30)33-23(27)15-5-3-4-6-16-24(28)34-18(2)20-12-8-10-14-22(20)26(31)32/h7-14,17-18H,3-6,15-16H2,1-2H3. The molecule has 0 saturated heterocycles. The van der Waals surface area contributed by atoms with Crippen molar-refractivity contribution in [3.63, 3.8) is 0 Å². The maximum atomic E-state index is 12.1. The Hall–Kier alpha value is -3.82. The number of hydrogen-bond donors (Lipinski definition) is 0. The number of ether oxygens (including phenoxy) is 2. The van der Waals surface area contributed by atoms with Gasteiger partial charge in [-0.1, -0.05) is 37.1 Å². The van der Waals surface area contributed by atoms with Gasteiger partial charge in [0.1, 0.15) is 12.2 Å². The highest BCUT2D eigenvalue weighted by molar-refractivity contribution is 5.70. The third-order valence-corrected chi connectivity index (χ3v) is 5.27. The van der Waals surface area contributed by atoms with Crippen molar-refractivity contribution in [2.75, 3.05) is 0 Å². The van der Waals surface area contributed by atoms with E-state index in [4.69, 9.17) is 9.47 Å². The number of unbranched alkanes of at least 4 members (excludes halogenated alkanes) is 3. The lowest BCUT2D eigenvalue weighted by Crippen LogP contribution is -2.10. The molecule has 0 saturated carbocycles. The summed E-state index contributed by atoms with van der Waals surface area (Å²) in [4.78, 5) is 45.3. The van der Waals surface area contributed by atoms with Crippen molar-refractivity contribution in [1.82, 2.24) is 0 Å². The average Bonchev–Trinajstić information content (AvgIpc) is 2.81. The number of nitro benzene ring substituents is 2. The summed E-state index contributed by atoms with van der Waals surface area (Å²) in [6, 6.07) is 12.3. The minimum absolute atomic E-state index is 0.0918. The fraction of sp³-hybridized carbons (Fsp3) is 0.417. The van der Waals surface area contributed by atoms with Crippen LogP contribution >= 0.6 is 0 Å². The summed E-state index contributed by atoms with van der Waals surface area (Å²) >= 11 is 0. The number of para-hydroxylation sites is 2. The van der Waals surface area contributed by atoms with E-state index in [-0.39, 0.29) is 24.2 Å². The minimum Gasteiger partial charge on any atom is -0.458 e. The van der Waals surface area contributed by atoms with Crippen molar-refractivity contribution in [2.24, 2.45) is 0 Å². The largest absolute Gasteiger partial charge is 0.458 e. The Bertz CT molecular complexity index is 942. The Kier molecular flexibility index (Phi) is 10.1. The average molecular weight is 472 g/mol. The van der Waals surface area contributed by atoms with Crippen molar-refractivity contribution in [1.29, 1.82) is 0 Å². The van der Waals surface area contributed by atoms with E-state index in [1.54, 1.807) is 50.2 Å². The second kappa shape index (κ2) is 13.0. The lowest BCUT2D eigenvalue weighted by molar-refractivity contribution is -0.386. The van der Waals surface area contributed by atoms with Gasteiger partial charge >= 0.3 is 11.9 Å². The first kappa shape index (κ1) is 26.4. The normalized spacial score (nSPS) is 12.4. The molecule has 34 heavy (non-hydrogen) atoms. The van der Waals surface area contributed by atoms with E-state index in [0.29, 0.717) is 36.8 Å². The molecule has 10 nitrogen and oxygen atoms in total. The van der Waals surface area contributed by atoms with Crippen LogP contribution in [-0.4, -0.2) is 21.8 Å².